The number of amides is 1. The second kappa shape index (κ2) is 5.69. The van der Waals surface area contributed by atoms with Crippen LogP contribution in [0.25, 0.3) is 0 Å². The Bertz CT molecular complexity index is 803. The van der Waals surface area contributed by atoms with E-state index in [4.69, 9.17) is 0 Å². The summed E-state index contributed by atoms with van der Waals surface area (Å²) in [5.74, 6) is -0.0982. The molecule has 0 radical (unpaired) electrons. The van der Waals surface area contributed by atoms with E-state index in [9.17, 15) is 9.59 Å². The Morgan fingerprint density at radius 3 is 2.52 bits per heavy atom. The van der Waals surface area contributed by atoms with Crippen molar-refractivity contribution in [2.45, 2.75) is 32.1 Å². The zero-order valence-electron chi connectivity index (χ0n) is 13.9. The van der Waals surface area contributed by atoms with E-state index in [-0.39, 0.29) is 16.9 Å². The molecule has 0 spiro atoms. The second-order valence-corrected chi connectivity index (χ2v) is 6.26. The smallest absolute Gasteiger partial charge is 0.258 e. The molecule has 4 nitrogen and oxygen atoms in total. The number of nitrogens with zero attached hydrogens (tertiary/aromatic N) is 2. The van der Waals surface area contributed by atoms with E-state index in [1.807, 2.05) is 23.1 Å². The van der Waals surface area contributed by atoms with E-state index in [0.29, 0.717) is 12.1 Å². The van der Waals surface area contributed by atoms with Gasteiger partial charge in [-0.2, -0.15) is 0 Å². The van der Waals surface area contributed by atoms with Crippen LogP contribution in [0.2, 0.25) is 0 Å². The molecule has 1 amide bonds. The molecule has 0 fully saturated rings. The van der Waals surface area contributed by atoms with Crippen molar-refractivity contribution in [2.75, 3.05) is 11.4 Å². The van der Waals surface area contributed by atoms with Crippen molar-refractivity contribution >= 4 is 11.6 Å². The van der Waals surface area contributed by atoms with Gasteiger partial charge in [-0.15, -0.1) is 0 Å². The summed E-state index contributed by atoms with van der Waals surface area (Å²) in [4.78, 5) is 26.6. The van der Waals surface area contributed by atoms with Crippen LogP contribution in [-0.2, 0) is 12.5 Å². The van der Waals surface area contributed by atoms with Crippen molar-refractivity contribution in [2.24, 2.45) is 7.05 Å². The number of carbonyl (C=O) groups excluding carboxylic acids is 1. The van der Waals surface area contributed by atoms with Gasteiger partial charge in [0.15, 0.2) is 0 Å². The molecular weight excluding hydrogens is 288 g/mol. The van der Waals surface area contributed by atoms with Gasteiger partial charge < -0.3 is 9.47 Å². The van der Waals surface area contributed by atoms with Gasteiger partial charge in [-0.3, -0.25) is 9.59 Å². The highest BCUT2D eigenvalue weighted by molar-refractivity contribution is 6.07. The standard InChI is InChI=1S/C19H22N2O2/c1-4-19(5-2)13-21(16-9-7-6-8-15(16)19)18(23)14-10-11-20(3)17(22)12-14/h6-12H,4-5,13H2,1-3H3. The highest BCUT2D eigenvalue weighted by Gasteiger charge is 2.42. The molecule has 0 atom stereocenters. The molecule has 0 aliphatic carbocycles. The number of rotatable bonds is 3. The minimum absolute atomic E-state index is 0.00595. The van der Waals surface area contributed by atoms with Crippen LogP contribution in [0.5, 0.6) is 0 Å². The largest absolute Gasteiger partial charge is 0.319 e. The second-order valence-electron chi connectivity index (χ2n) is 6.26. The fourth-order valence-corrected chi connectivity index (χ4v) is 3.50. The van der Waals surface area contributed by atoms with Gasteiger partial charge in [0.05, 0.1) is 0 Å². The van der Waals surface area contributed by atoms with E-state index in [2.05, 4.69) is 19.9 Å². The Hall–Kier alpha value is -2.36. The molecular formula is C19H22N2O2. The predicted molar refractivity (Wildman–Crippen MR) is 92.1 cm³/mol. The molecule has 1 aliphatic heterocycles. The van der Waals surface area contributed by atoms with Crippen LogP contribution in [0.3, 0.4) is 0 Å². The first-order chi connectivity index (χ1) is 11.0. The first-order valence-electron chi connectivity index (χ1n) is 8.10. The first kappa shape index (κ1) is 15.5. The predicted octanol–water partition coefficient (Wildman–Crippen LogP) is 3.10. The average molecular weight is 310 g/mol. The third-order valence-electron chi connectivity index (χ3n) is 5.18. The number of hydrogen-bond donors (Lipinski definition) is 0. The summed E-state index contributed by atoms with van der Waals surface area (Å²) < 4.78 is 1.47. The van der Waals surface area contributed by atoms with E-state index < -0.39 is 0 Å². The van der Waals surface area contributed by atoms with Gasteiger partial charge in [0, 0.05) is 42.5 Å². The zero-order chi connectivity index (χ0) is 16.6. The fourth-order valence-electron chi connectivity index (χ4n) is 3.50. The van der Waals surface area contributed by atoms with Gasteiger partial charge in [-0.1, -0.05) is 32.0 Å². The number of pyridine rings is 1. The molecule has 1 aromatic carbocycles. The maximum atomic E-state index is 13.0. The van der Waals surface area contributed by atoms with Gasteiger partial charge in [-0.05, 0) is 30.5 Å². The van der Waals surface area contributed by atoms with Crippen LogP contribution in [0.1, 0.15) is 42.6 Å². The number of benzene rings is 1. The molecule has 3 rings (SSSR count). The van der Waals surface area contributed by atoms with Crippen molar-refractivity contribution in [3.63, 3.8) is 0 Å². The maximum absolute atomic E-state index is 13.0. The lowest BCUT2D eigenvalue weighted by Gasteiger charge is -2.27. The van der Waals surface area contributed by atoms with Crippen LogP contribution in [-0.4, -0.2) is 17.0 Å². The fraction of sp³-hybridized carbons (Fsp3) is 0.368. The summed E-state index contributed by atoms with van der Waals surface area (Å²) in [6, 6.07) is 11.3. The van der Waals surface area contributed by atoms with Crippen molar-refractivity contribution in [3.05, 3.63) is 64.1 Å². The van der Waals surface area contributed by atoms with Crippen LogP contribution in [0, 0.1) is 0 Å². The molecule has 0 N–H and O–H groups in total. The minimum atomic E-state index is -0.166. The van der Waals surface area contributed by atoms with Crippen molar-refractivity contribution < 1.29 is 4.79 Å². The third-order valence-corrected chi connectivity index (χ3v) is 5.18. The summed E-state index contributed by atoms with van der Waals surface area (Å²) in [7, 11) is 1.68. The minimum Gasteiger partial charge on any atom is -0.319 e. The Kier molecular flexibility index (Phi) is 3.84. The Balaban J connectivity index is 2.05. The molecule has 120 valence electrons. The quantitative estimate of drug-likeness (QED) is 0.874. The first-order valence-corrected chi connectivity index (χ1v) is 8.10. The molecule has 0 saturated carbocycles. The number of fused-ring (bicyclic) bond motifs is 1. The summed E-state index contributed by atoms with van der Waals surface area (Å²) in [6.07, 6.45) is 3.62. The lowest BCUT2D eigenvalue weighted by atomic mass is 9.78. The molecule has 0 bridgehead atoms. The van der Waals surface area contributed by atoms with Crippen LogP contribution in [0.15, 0.2) is 47.4 Å². The van der Waals surface area contributed by atoms with E-state index in [1.54, 1.807) is 19.3 Å². The molecule has 23 heavy (non-hydrogen) atoms. The monoisotopic (exact) mass is 310 g/mol. The van der Waals surface area contributed by atoms with Gasteiger partial charge in [-0.25, -0.2) is 0 Å². The van der Waals surface area contributed by atoms with Gasteiger partial charge >= 0.3 is 0 Å². The molecule has 0 saturated heterocycles. The zero-order valence-corrected chi connectivity index (χ0v) is 13.9. The Labute approximate surface area is 136 Å². The van der Waals surface area contributed by atoms with Crippen molar-refractivity contribution in [1.29, 1.82) is 0 Å². The van der Waals surface area contributed by atoms with Gasteiger partial charge in [0.25, 0.3) is 11.5 Å². The van der Waals surface area contributed by atoms with E-state index >= 15 is 0 Å². The topological polar surface area (TPSA) is 42.3 Å². The van der Waals surface area contributed by atoms with Gasteiger partial charge in [0.1, 0.15) is 0 Å². The lowest BCUT2D eigenvalue weighted by molar-refractivity contribution is 0.0984. The summed E-state index contributed by atoms with van der Waals surface area (Å²) in [6.45, 7) is 5.02. The number of carbonyl (C=O) groups is 1. The van der Waals surface area contributed by atoms with E-state index in [1.165, 1.54) is 16.2 Å². The van der Waals surface area contributed by atoms with Crippen molar-refractivity contribution in [3.8, 4) is 0 Å². The van der Waals surface area contributed by atoms with Gasteiger partial charge in [0.2, 0.25) is 0 Å². The molecule has 2 aromatic rings. The van der Waals surface area contributed by atoms with Crippen molar-refractivity contribution in [1.82, 2.24) is 4.57 Å². The maximum Gasteiger partial charge on any atom is 0.258 e. The molecule has 2 heterocycles. The highest BCUT2D eigenvalue weighted by Crippen LogP contribution is 2.45. The SMILES string of the molecule is CCC1(CC)CN(C(=O)c2ccn(C)c(=O)c2)c2ccccc21. The summed E-state index contributed by atoms with van der Waals surface area (Å²) >= 11 is 0. The number of para-hydroxylation sites is 1. The average Bonchev–Trinajstić information content (AvgIpc) is 2.92. The number of aryl methyl sites for hydroxylation is 1. The Morgan fingerprint density at radius 1 is 1.17 bits per heavy atom. The van der Waals surface area contributed by atoms with Crippen LogP contribution >= 0.6 is 0 Å². The van der Waals surface area contributed by atoms with E-state index in [0.717, 1.165) is 18.5 Å². The highest BCUT2D eigenvalue weighted by atomic mass is 16.2. The third kappa shape index (κ3) is 2.38. The number of anilines is 1. The Morgan fingerprint density at radius 2 is 1.87 bits per heavy atom. The lowest BCUT2D eigenvalue weighted by Crippen LogP contribution is -2.37. The molecule has 4 heteroatoms. The molecule has 1 aliphatic rings. The van der Waals surface area contributed by atoms with Crippen LogP contribution in [0.4, 0.5) is 5.69 Å². The van der Waals surface area contributed by atoms with Crippen LogP contribution < -0.4 is 10.5 Å². The molecule has 0 unspecified atom stereocenters. The number of aromatic nitrogens is 1. The number of hydrogen-bond acceptors (Lipinski definition) is 2. The normalized spacial score (nSPS) is 15.5. The summed E-state index contributed by atoms with van der Waals surface area (Å²) in [5.41, 5.74) is 2.50. The summed E-state index contributed by atoms with van der Waals surface area (Å²) in [5, 5.41) is 0. The molecule has 1 aromatic heterocycles.